The van der Waals surface area contributed by atoms with E-state index >= 15 is 0 Å². The smallest absolute Gasteiger partial charge is 0.204 e. The lowest BCUT2D eigenvalue weighted by Gasteiger charge is -2.17. The highest BCUT2D eigenvalue weighted by Gasteiger charge is 2.20. The molecule has 0 unspecified atom stereocenters. The summed E-state index contributed by atoms with van der Waals surface area (Å²) in [5.74, 6) is 2.02. The molecular weight excluding hydrogens is 322 g/mol. The molecule has 0 spiro atoms. The van der Waals surface area contributed by atoms with E-state index in [0.29, 0.717) is 28.5 Å². The van der Waals surface area contributed by atoms with Crippen LogP contribution in [0, 0.1) is 0 Å². The number of nitrogens with zero attached hydrogens (tertiary/aromatic N) is 1. The Bertz CT molecular complexity index is 923. The van der Waals surface area contributed by atoms with E-state index in [1.54, 1.807) is 45.7 Å². The molecule has 3 aromatic rings. The van der Waals surface area contributed by atoms with Crippen LogP contribution in [0.15, 0.2) is 36.5 Å². The fraction of sp³-hybridized carbons (Fsp3) is 0.211. The number of aromatic nitrogens is 1. The zero-order valence-corrected chi connectivity index (χ0v) is 14.5. The zero-order chi connectivity index (χ0) is 18.0. The third-order valence-corrected chi connectivity index (χ3v) is 4.02. The van der Waals surface area contributed by atoms with Gasteiger partial charge < -0.3 is 24.1 Å². The average Bonchev–Trinajstić information content (AvgIpc) is 2.65. The molecule has 0 radical (unpaired) electrons. The second-order valence-electron chi connectivity index (χ2n) is 5.28. The van der Waals surface area contributed by atoms with Gasteiger partial charge in [0.25, 0.3) is 0 Å². The molecule has 0 amide bonds. The highest BCUT2D eigenvalue weighted by molar-refractivity contribution is 6.02. The summed E-state index contributed by atoms with van der Waals surface area (Å²) in [6.45, 7) is 0. The number of aromatic hydroxyl groups is 1. The van der Waals surface area contributed by atoms with Crippen LogP contribution < -0.4 is 18.9 Å². The molecule has 0 saturated heterocycles. The highest BCUT2D eigenvalue weighted by atomic mass is 16.5. The first-order valence-corrected chi connectivity index (χ1v) is 7.59. The Morgan fingerprint density at radius 1 is 0.800 bits per heavy atom. The molecule has 130 valence electrons. The lowest BCUT2D eigenvalue weighted by Crippen LogP contribution is -1.98. The van der Waals surface area contributed by atoms with Gasteiger partial charge in [-0.3, -0.25) is 4.98 Å². The first-order valence-electron chi connectivity index (χ1n) is 7.59. The summed E-state index contributed by atoms with van der Waals surface area (Å²) in [5, 5.41) is 10.9. The number of hydrogen-bond donors (Lipinski definition) is 1. The van der Waals surface area contributed by atoms with Crippen LogP contribution in [-0.2, 0) is 0 Å². The molecule has 25 heavy (non-hydrogen) atoms. The van der Waals surface area contributed by atoms with Crippen molar-refractivity contribution in [2.75, 3.05) is 28.4 Å². The van der Waals surface area contributed by atoms with Crippen molar-refractivity contribution in [3.05, 3.63) is 36.5 Å². The van der Waals surface area contributed by atoms with Crippen molar-refractivity contribution in [3.8, 4) is 39.9 Å². The zero-order valence-electron chi connectivity index (χ0n) is 14.5. The number of pyridine rings is 1. The summed E-state index contributed by atoms with van der Waals surface area (Å²) in [7, 11) is 6.20. The third-order valence-electron chi connectivity index (χ3n) is 4.02. The minimum atomic E-state index is 0.0596. The van der Waals surface area contributed by atoms with Crippen molar-refractivity contribution in [1.82, 2.24) is 4.98 Å². The Kier molecular flexibility index (Phi) is 4.52. The largest absolute Gasteiger partial charge is 0.504 e. The first-order chi connectivity index (χ1) is 12.1. The monoisotopic (exact) mass is 341 g/mol. The number of methoxy groups -OCH3 is 4. The number of fused-ring (bicyclic) bond motifs is 1. The number of rotatable bonds is 5. The van der Waals surface area contributed by atoms with E-state index in [-0.39, 0.29) is 5.75 Å². The molecule has 0 saturated carbocycles. The molecule has 0 aliphatic heterocycles. The summed E-state index contributed by atoms with van der Waals surface area (Å²) >= 11 is 0. The fourth-order valence-corrected chi connectivity index (χ4v) is 2.88. The topological polar surface area (TPSA) is 70.0 Å². The van der Waals surface area contributed by atoms with Gasteiger partial charge in [-0.15, -0.1) is 0 Å². The predicted molar refractivity (Wildman–Crippen MR) is 95.1 cm³/mol. The molecule has 0 bridgehead atoms. The maximum Gasteiger partial charge on any atom is 0.204 e. The normalized spacial score (nSPS) is 10.6. The molecule has 6 nitrogen and oxygen atoms in total. The molecule has 6 heteroatoms. The van der Waals surface area contributed by atoms with E-state index in [2.05, 4.69) is 4.98 Å². The SMILES string of the molecule is COc1ccc(-c2ccnc3cc(OC)c(OC)c(OC)c23)cc1O. The number of hydrogen-bond acceptors (Lipinski definition) is 6. The molecule has 0 atom stereocenters. The summed E-state index contributed by atoms with van der Waals surface area (Å²) in [5.41, 5.74) is 2.35. The second kappa shape index (κ2) is 6.76. The van der Waals surface area contributed by atoms with Crippen LogP contribution in [0.2, 0.25) is 0 Å². The van der Waals surface area contributed by atoms with Crippen molar-refractivity contribution in [1.29, 1.82) is 0 Å². The van der Waals surface area contributed by atoms with Gasteiger partial charge in [0.05, 0.1) is 39.3 Å². The standard InChI is InChI=1S/C19H19NO5/c1-22-15-6-5-11(9-14(15)21)12-7-8-20-13-10-16(23-2)18(24-3)19(25-4)17(12)13/h5-10,21H,1-4H3. The molecule has 0 fully saturated rings. The highest BCUT2D eigenvalue weighted by Crippen LogP contribution is 2.46. The molecule has 1 N–H and O–H groups in total. The minimum absolute atomic E-state index is 0.0596. The Morgan fingerprint density at radius 2 is 1.52 bits per heavy atom. The predicted octanol–water partition coefficient (Wildman–Crippen LogP) is 3.64. The van der Waals surface area contributed by atoms with Gasteiger partial charge in [-0.05, 0) is 29.3 Å². The van der Waals surface area contributed by atoms with E-state index in [1.165, 1.54) is 7.11 Å². The van der Waals surface area contributed by atoms with Crippen LogP contribution in [0.3, 0.4) is 0 Å². The Morgan fingerprint density at radius 3 is 2.12 bits per heavy atom. The number of phenols is 1. The van der Waals surface area contributed by atoms with Crippen molar-refractivity contribution in [3.63, 3.8) is 0 Å². The van der Waals surface area contributed by atoms with E-state index in [9.17, 15) is 5.11 Å². The van der Waals surface area contributed by atoms with Crippen molar-refractivity contribution in [2.24, 2.45) is 0 Å². The van der Waals surface area contributed by atoms with Crippen molar-refractivity contribution >= 4 is 10.9 Å². The molecule has 2 aromatic carbocycles. The second-order valence-corrected chi connectivity index (χ2v) is 5.28. The van der Waals surface area contributed by atoms with Gasteiger partial charge in [-0.2, -0.15) is 0 Å². The summed E-state index contributed by atoms with van der Waals surface area (Å²) in [6, 6.07) is 8.87. The molecule has 1 heterocycles. The Balaban J connectivity index is 2.34. The van der Waals surface area contributed by atoms with Crippen LogP contribution >= 0.6 is 0 Å². The fourth-order valence-electron chi connectivity index (χ4n) is 2.88. The van der Waals surface area contributed by atoms with Crippen LogP contribution in [0.5, 0.6) is 28.7 Å². The van der Waals surface area contributed by atoms with Gasteiger partial charge in [0.1, 0.15) is 0 Å². The minimum Gasteiger partial charge on any atom is -0.504 e. The van der Waals surface area contributed by atoms with Gasteiger partial charge in [-0.25, -0.2) is 0 Å². The molecule has 3 rings (SSSR count). The van der Waals surface area contributed by atoms with Crippen LogP contribution in [0.1, 0.15) is 0 Å². The van der Waals surface area contributed by atoms with Gasteiger partial charge in [0.15, 0.2) is 23.0 Å². The van der Waals surface area contributed by atoms with Gasteiger partial charge in [0.2, 0.25) is 5.75 Å². The van der Waals surface area contributed by atoms with Gasteiger partial charge >= 0.3 is 0 Å². The summed E-state index contributed by atoms with van der Waals surface area (Å²) < 4.78 is 21.6. The van der Waals surface area contributed by atoms with E-state index < -0.39 is 0 Å². The Labute approximate surface area is 145 Å². The van der Waals surface area contributed by atoms with Crippen LogP contribution in [0.25, 0.3) is 22.0 Å². The third kappa shape index (κ3) is 2.76. The van der Waals surface area contributed by atoms with Crippen molar-refractivity contribution in [2.45, 2.75) is 0 Å². The molecule has 0 aliphatic carbocycles. The maximum atomic E-state index is 10.1. The van der Waals surface area contributed by atoms with Crippen molar-refractivity contribution < 1.29 is 24.1 Å². The summed E-state index contributed by atoms with van der Waals surface area (Å²) in [6.07, 6.45) is 1.70. The van der Waals surface area contributed by atoms with Gasteiger partial charge in [-0.1, -0.05) is 6.07 Å². The molecule has 1 aromatic heterocycles. The van der Waals surface area contributed by atoms with Gasteiger partial charge in [0, 0.05) is 12.3 Å². The lowest BCUT2D eigenvalue weighted by molar-refractivity contribution is 0.327. The number of benzene rings is 2. The maximum absolute atomic E-state index is 10.1. The van der Waals surface area contributed by atoms with E-state index in [0.717, 1.165) is 16.5 Å². The van der Waals surface area contributed by atoms with E-state index in [1.807, 2.05) is 12.1 Å². The van der Waals surface area contributed by atoms with Crippen LogP contribution in [-0.4, -0.2) is 38.5 Å². The summed E-state index contributed by atoms with van der Waals surface area (Å²) in [4.78, 5) is 4.41. The number of phenolic OH excluding ortho intramolecular Hbond substituents is 1. The first kappa shape index (κ1) is 16.7. The van der Waals surface area contributed by atoms with E-state index in [4.69, 9.17) is 18.9 Å². The Hall–Kier alpha value is -3.15. The van der Waals surface area contributed by atoms with Crippen LogP contribution in [0.4, 0.5) is 0 Å². The quantitative estimate of drug-likeness (QED) is 0.764. The number of ether oxygens (including phenoxy) is 4. The average molecular weight is 341 g/mol. The molecule has 0 aliphatic rings. The lowest BCUT2D eigenvalue weighted by atomic mass is 9.99. The molecular formula is C19H19NO5.